The Hall–Kier alpha value is -3.06. The number of nitrogens with zero attached hydrogens (tertiary/aromatic N) is 1. The number of ether oxygens (including phenoxy) is 1. The van der Waals surface area contributed by atoms with E-state index in [-0.39, 0.29) is 29.5 Å². The molecule has 130 valence electrons. The fraction of sp³-hybridized carbons (Fsp3) is 0.118. The van der Waals surface area contributed by atoms with Gasteiger partial charge in [0.15, 0.2) is 0 Å². The predicted octanol–water partition coefficient (Wildman–Crippen LogP) is 3.77. The van der Waals surface area contributed by atoms with Crippen molar-refractivity contribution in [2.45, 2.75) is 6.61 Å². The van der Waals surface area contributed by atoms with Gasteiger partial charge in [0.1, 0.15) is 12.3 Å². The largest absolute Gasteiger partial charge is 0.445 e. The van der Waals surface area contributed by atoms with E-state index in [0.29, 0.717) is 5.56 Å². The van der Waals surface area contributed by atoms with E-state index in [4.69, 9.17) is 22.1 Å². The highest BCUT2D eigenvalue weighted by Crippen LogP contribution is 2.29. The van der Waals surface area contributed by atoms with Crippen molar-refractivity contribution < 1.29 is 14.5 Å². The number of rotatable bonds is 6. The Morgan fingerprint density at radius 3 is 2.72 bits per heavy atom. The van der Waals surface area contributed by atoms with Crippen molar-refractivity contribution in [3.63, 3.8) is 0 Å². The lowest BCUT2D eigenvalue weighted by atomic mass is 10.1. The van der Waals surface area contributed by atoms with Gasteiger partial charge in [0.25, 0.3) is 5.69 Å². The number of amides is 1. The Morgan fingerprint density at radius 2 is 2.04 bits per heavy atom. The highest BCUT2D eigenvalue weighted by molar-refractivity contribution is 6.32. The number of nitro groups is 1. The van der Waals surface area contributed by atoms with Crippen molar-refractivity contribution in [2.75, 3.05) is 12.3 Å². The first-order chi connectivity index (χ1) is 12.0. The summed E-state index contributed by atoms with van der Waals surface area (Å²) in [5.41, 5.74) is 6.63. The number of hydrogen-bond donors (Lipinski definition) is 2. The monoisotopic (exact) mass is 361 g/mol. The van der Waals surface area contributed by atoms with Gasteiger partial charge in [-0.2, -0.15) is 0 Å². The first-order valence-corrected chi connectivity index (χ1v) is 7.69. The second kappa shape index (κ2) is 8.70. The van der Waals surface area contributed by atoms with E-state index < -0.39 is 11.0 Å². The predicted molar refractivity (Wildman–Crippen MR) is 96.2 cm³/mol. The Morgan fingerprint density at radius 1 is 1.32 bits per heavy atom. The third kappa shape index (κ3) is 5.50. The molecule has 3 N–H and O–H groups in total. The van der Waals surface area contributed by atoms with Gasteiger partial charge < -0.3 is 15.8 Å². The van der Waals surface area contributed by atoms with Crippen LogP contribution < -0.4 is 11.1 Å². The number of alkyl carbamates (subject to hydrolysis) is 1. The zero-order chi connectivity index (χ0) is 18.2. The lowest BCUT2D eigenvalue weighted by Gasteiger charge is -2.05. The van der Waals surface area contributed by atoms with Gasteiger partial charge in [-0.1, -0.05) is 54.1 Å². The molecule has 0 fully saturated rings. The van der Waals surface area contributed by atoms with Crippen LogP contribution in [-0.4, -0.2) is 17.6 Å². The molecule has 0 heterocycles. The van der Waals surface area contributed by atoms with Crippen LogP contribution in [0, 0.1) is 10.1 Å². The van der Waals surface area contributed by atoms with E-state index in [9.17, 15) is 14.9 Å². The maximum Gasteiger partial charge on any atom is 0.407 e. The maximum absolute atomic E-state index is 11.6. The molecule has 0 aliphatic carbocycles. The van der Waals surface area contributed by atoms with E-state index >= 15 is 0 Å². The van der Waals surface area contributed by atoms with Gasteiger partial charge in [0.05, 0.1) is 9.95 Å². The molecule has 0 radical (unpaired) electrons. The number of benzene rings is 2. The SMILES string of the molecule is Nc1cc(Cl)c(C=CCNC(=O)OCc2ccccc2)cc1[N+](=O)[O-]. The summed E-state index contributed by atoms with van der Waals surface area (Å²) in [6, 6.07) is 11.9. The van der Waals surface area contributed by atoms with Crippen LogP contribution >= 0.6 is 11.6 Å². The van der Waals surface area contributed by atoms with Gasteiger partial charge in [0.2, 0.25) is 0 Å². The highest BCUT2D eigenvalue weighted by atomic mass is 35.5. The number of anilines is 1. The normalized spacial score (nSPS) is 10.6. The van der Waals surface area contributed by atoms with E-state index in [1.807, 2.05) is 30.3 Å². The number of carbonyl (C=O) groups excluding carboxylic acids is 1. The summed E-state index contributed by atoms with van der Waals surface area (Å²) in [6.07, 6.45) is 2.60. The molecule has 25 heavy (non-hydrogen) atoms. The number of hydrogen-bond acceptors (Lipinski definition) is 5. The van der Waals surface area contributed by atoms with E-state index in [1.54, 1.807) is 12.2 Å². The highest BCUT2D eigenvalue weighted by Gasteiger charge is 2.13. The first-order valence-electron chi connectivity index (χ1n) is 7.32. The Kier molecular flexibility index (Phi) is 6.36. The summed E-state index contributed by atoms with van der Waals surface area (Å²) < 4.78 is 5.05. The Bertz CT molecular complexity index is 794. The molecule has 0 aliphatic heterocycles. The summed E-state index contributed by atoms with van der Waals surface area (Å²) in [6.45, 7) is 0.356. The molecule has 0 aromatic heterocycles. The van der Waals surface area contributed by atoms with Crippen LogP contribution in [0.4, 0.5) is 16.2 Å². The van der Waals surface area contributed by atoms with Crippen molar-refractivity contribution in [2.24, 2.45) is 0 Å². The quantitative estimate of drug-likeness (QED) is 0.462. The van der Waals surface area contributed by atoms with Gasteiger partial charge >= 0.3 is 6.09 Å². The Balaban J connectivity index is 1.86. The lowest BCUT2D eigenvalue weighted by molar-refractivity contribution is -0.383. The van der Waals surface area contributed by atoms with E-state index in [0.717, 1.165) is 5.56 Å². The van der Waals surface area contributed by atoms with E-state index in [1.165, 1.54) is 12.1 Å². The smallest absolute Gasteiger partial charge is 0.407 e. The third-order valence-corrected chi connectivity index (χ3v) is 3.54. The molecule has 0 spiro atoms. The average Bonchev–Trinajstić information content (AvgIpc) is 2.59. The molecule has 0 saturated carbocycles. The van der Waals surface area contributed by atoms with Crippen LogP contribution in [0.3, 0.4) is 0 Å². The van der Waals surface area contributed by atoms with Crippen LogP contribution in [0.1, 0.15) is 11.1 Å². The number of nitro benzene ring substituents is 1. The van der Waals surface area contributed by atoms with Crippen LogP contribution in [0.5, 0.6) is 0 Å². The number of halogens is 1. The zero-order valence-corrected chi connectivity index (χ0v) is 13.9. The van der Waals surface area contributed by atoms with Crippen LogP contribution in [0.15, 0.2) is 48.5 Å². The molecule has 0 bridgehead atoms. The van der Waals surface area contributed by atoms with Gasteiger partial charge in [-0.25, -0.2) is 4.79 Å². The van der Waals surface area contributed by atoms with Crippen molar-refractivity contribution in [1.29, 1.82) is 0 Å². The van der Waals surface area contributed by atoms with Gasteiger partial charge in [-0.3, -0.25) is 10.1 Å². The first kappa shape index (κ1) is 18.3. The van der Waals surface area contributed by atoms with Crippen molar-refractivity contribution in [3.05, 3.63) is 74.8 Å². The molecule has 7 nitrogen and oxygen atoms in total. The second-order valence-electron chi connectivity index (χ2n) is 5.03. The number of carbonyl (C=O) groups is 1. The Labute approximate surface area is 149 Å². The minimum absolute atomic E-state index is 0.00485. The standard InChI is InChI=1S/C17H16ClN3O4/c18-14-10-15(19)16(21(23)24)9-13(14)7-4-8-20-17(22)25-11-12-5-2-1-3-6-12/h1-7,9-10H,8,11,19H2,(H,20,22). The fourth-order valence-electron chi connectivity index (χ4n) is 1.98. The topological polar surface area (TPSA) is 107 Å². The van der Waals surface area contributed by atoms with Crippen LogP contribution in [0.25, 0.3) is 6.08 Å². The molecular formula is C17H16ClN3O4. The molecule has 0 atom stereocenters. The van der Waals surface area contributed by atoms with Gasteiger partial charge in [-0.15, -0.1) is 0 Å². The maximum atomic E-state index is 11.6. The summed E-state index contributed by atoms with van der Waals surface area (Å²) >= 11 is 6.00. The zero-order valence-electron chi connectivity index (χ0n) is 13.1. The minimum Gasteiger partial charge on any atom is -0.445 e. The fourth-order valence-corrected chi connectivity index (χ4v) is 2.22. The minimum atomic E-state index is -0.581. The summed E-state index contributed by atoms with van der Waals surface area (Å²) in [7, 11) is 0. The molecule has 0 saturated heterocycles. The molecule has 0 unspecified atom stereocenters. The van der Waals surface area contributed by atoms with Crippen molar-refractivity contribution in [3.8, 4) is 0 Å². The van der Waals surface area contributed by atoms with Crippen LogP contribution in [-0.2, 0) is 11.3 Å². The summed E-state index contributed by atoms with van der Waals surface area (Å²) in [5.74, 6) is 0. The van der Waals surface area contributed by atoms with Crippen molar-refractivity contribution >= 4 is 35.1 Å². The molecular weight excluding hydrogens is 346 g/mol. The van der Waals surface area contributed by atoms with Crippen molar-refractivity contribution in [1.82, 2.24) is 5.32 Å². The number of nitrogen functional groups attached to an aromatic ring is 1. The molecule has 2 aromatic carbocycles. The third-order valence-electron chi connectivity index (χ3n) is 3.22. The average molecular weight is 362 g/mol. The number of nitrogens with two attached hydrogens (primary N) is 1. The molecule has 0 aliphatic rings. The molecule has 1 amide bonds. The van der Waals surface area contributed by atoms with Gasteiger partial charge in [-0.05, 0) is 17.2 Å². The number of nitrogens with one attached hydrogen (secondary N) is 1. The van der Waals surface area contributed by atoms with Gasteiger partial charge in [0, 0.05) is 12.6 Å². The molecule has 2 aromatic rings. The second-order valence-corrected chi connectivity index (χ2v) is 5.44. The summed E-state index contributed by atoms with van der Waals surface area (Å²) in [4.78, 5) is 21.9. The summed E-state index contributed by atoms with van der Waals surface area (Å²) in [5, 5.41) is 13.7. The van der Waals surface area contributed by atoms with Crippen LogP contribution in [0.2, 0.25) is 5.02 Å². The molecule has 2 rings (SSSR count). The van der Waals surface area contributed by atoms with E-state index in [2.05, 4.69) is 5.32 Å². The molecule has 8 heteroatoms. The lowest BCUT2D eigenvalue weighted by Crippen LogP contribution is -2.24.